The molecule has 0 aliphatic rings. The van der Waals surface area contributed by atoms with Crippen molar-refractivity contribution in [1.82, 2.24) is 5.32 Å². The van der Waals surface area contributed by atoms with Crippen LogP contribution in [0.4, 0.5) is 0 Å². The zero-order chi connectivity index (χ0) is 12.8. The van der Waals surface area contributed by atoms with Crippen molar-refractivity contribution < 1.29 is 9.47 Å². The van der Waals surface area contributed by atoms with Crippen LogP contribution < -0.4 is 14.8 Å². The SMILES string of the molecule is CCNC(C#N)c1ccc(OC)c(OC)c1Cl. The second kappa shape index (κ2) is 6.33. The summed E-state index contributed by atoms with van der Waals surface area (Å²) in [6, 6.07) is 5.21. The predicted octanol–water partition coefficient (Wildman–Crippen LogP) is 2.53. The van der Waals surface area contributed by atoms with E-state index in [1.54, 1.807) is 19.2 Å². The normalized spacial score (nSPS) is 11.7. The van der Waals surface area contributed by atoms with E-state index in [0.717, 1.165) is 0 Å². The average Bonchev–Trinajstić information content (AvgIpc) is 2.36. The Morgan fingerprint density at radius 1 is 1.41 bits per heavy atom. The molecule has 0 aromatic heterocycles. The van der Waals surface area contributed by atoms with Crippen LogP contribution >= 0.6 is 11.6 Å². The van der Waals surface area contributed by atoms with Crippen LogP contribution in [0.1, 0.15) is 18.5 Å². The van der Waals surface area contributed by atoms with Crippen LogP contribution in [-0.4, -0.2) is 20.8 Å². The molecule has 4 nitrogen and oxygen atoms in total. The van der Waals surface area contributed by atoms with E-state index in [4.69, 9.17) is 26.3 Å². The fourth-order valence-corrected chi connectivity index (χ4v) is 1.90. The van der Waals surface area contributed by atoms with Crippen molar-refractivity contribution in [3.8, 4) is 17.6 Å². The van der Waals surface area contributed by atoms with Gasteiger partial charge in [0.25, 0.3) is 0 Å². The lowest BCUT2D eigenvalue weighted by Crippen LogP contribution is -2.19. The molecule has 0 fully saturated rings. The maximum atomic E-state index is 9.08. The largest absolute Gasteiger partial charge is 0.493 e. The minimum Gasteiger partial charge on any atom is -0.493 e. The van der Waals surface area contributed by atoms with Crippen molar-refractivity contribution >= 4 is 11.6 Å². The van der Waals surface area contributed by atoms with Gasteiger partial charge in [0.2, 0.25) is 0 Å². The fourth-order valence-electron chi connectivity index (χ4n) is 1.56. The zero-order valence-corrected chi connectivity index (χ0v) is 10.8. The van der Waals surface area contributed by atoms with Crippen molar-refractivity contribution in [2.75, 3.05) is 20.8 Å². The van der Waals surface area contributed by atoms with Crippen LogP contribution in [0.15, 0.2) is 12.1 Å². The summed E-state index contributed by atoms with van der Waals surface area (Å²) in [7, 11) is 3.06. The number of nitrogens with one attached hydrogen (secondary N) is 1. The summed E-state index contributed by atoms with van der Waals surface area (Å²) in [5.41, 5.74) is 0.689. The topological polar surface area (TPSA) is 54.3 Å². The number of methoxy groups -OCH3 is 2. The third-order valence-corrected chi connectivity index (χ3v) is 2.75. The summed E-state index contributed by atoms with van der Waals surface area (Å²) in [5, 5.41) is 12.5. The highest BCUT2D eigenvalue weighted by molar-refractivity contribution is 6.33. The molecule has 1 atom stereocenters. The second-order valence-electron chi connectivity index (χ2n) is 3.32. The summed E-state index contributed by atoms with van der Waals surface area (Å²) in [6.07, 6.45) is 0. The summed E-state index contributed by atoms with van der Waals surface area (Å²) < 4.78 is 10.3. The van der Waals surface area contributed by atoms with Gasteiger partial charge in [-0.05, 0) is 12.6 Å². The maximum absolute atomic E-state index is 9.08. The molecule has 0 heterocycles. The van der Waals surface area contributed by atoms with E-state index >= 15 is 0 Å². The Morgan fingerprint density at radius 2 is 2.12 bits per heavy atom. The first kappa shape index (κ1) is 13.6. The number of hydrogen-bond donors (Lipinski definition) is 1. The van der Waals surface area contributed by atoms with Crippen molar-refractivity contribution in [3.63, 3.8) is 0 Å². The van der Waals surface area contributed by atoms with Crippen LogP contribution in [0.3, 0.4) is 0 Å². The average molecular weight is 255 g/mol. The molecule has 0 amide bonds. The highest BCUT2D eigenvalue weighted by Crippen LogP contribution is 2.39. The number of hydrogen-bond acceptors (Lipinski definition) is 4. The molecular weight excluding hydrogens is 240 g/mol. The Balaban J connectivity index is 3.23. The lowest BCUT2D eigenvalue weighted by atomic mass is 10.1. The van der Waals surface area contributed by atoms with Crippen molar-refractivity contribution in [2.24, 2.45) is 0 Å². The Hall–Kier alpha value is -1.44. The van der Waals surface area contributed by atoms with Crippen LogP contribution in [0.5, 0.6) is 11.5 Å². The summed E-state index contributed by atoms with van der Waals surface area (Å²) in [4.78, 5) is 0. The third kappa shape index (κ3) is 2.82. The van der Waals surface area contributed by atoms with Crippen LogP contribution in [-0.2, 0) is 0 Å². The van der Waals surface area contributed by atoms with Gasteiger partial charge in [-0.3, -0.25) is 5.32 Å². The van der Waals surface area contributed by atoms with Crippen molar-refractivity contribution in [2.45, 2.75) is 13.0 Å². The monoisotopic (exact) mass is 254 g/mol. The number of benzene rings is 1. The number of nitrogens with zero attached hydrogens (tertiary/aromatic N) is 1. The first-order chi connectivity index (χ1) is 8.19. The number of ether oxygens (including phenoxy) is 2. The molecule has 0 saturated heterocycles. The molecule has 1 aromatic carbocycles. The van der Waals surface area contributed by atoms with Crippen LogP contribution in [0.25, 0.3) is 0 Å². The lowest BCUT2D eigenvalue weighted by Gasteiger charge is -2.16. The van der Waals surface area contributed by atoms with E-state index in [-0.39, 0.29) is 0 Å². The highest BCUT2D eigenvalue weighted by atomic mass is 35.5. The molecule has 0 aliphatic heterocycles. The summed E-state index contributed by atoms with van der Waals surface area (Å²) in [5.74, 6) is 0.999. The molecule has 0 saturated carbocycles. The standard InChI is InChI=1S/C12H15ClN2O2/c1-4-15-9(7-14)8-5-6-10(16-2)12(17-3)11(8)13/h5-6,9,15H,4H2,1-3H3. The molecule has 0 radical (unpaired) electrons. The van der Waals surface area contributed by atoms with Gasteiger partial charge in [-0.15, -0.1) is 0 Å². The van der Waals surface area contributed by atoms with Gasteiger partial charge < -0.3 is 9.47 Å². The van der Waals surface area contributed by atoms with E-state index in [0.29, 0.717) is 28.6 Å². The minimum absolute atomic E-state index is 0.402. The Bertz CT molecular complexity index is 429. The quantitative estimate of drug-likeness (QED) is 0.877. The number of halogens is 1. The van der Waals surface area contributed by atoms with Gasteiger partial charge in [-0.1, -0.05) is 24.6 Å². The first-order valence-corrected chi connectivity index (χ1v) is 5.60. The maximum Gasteiger partial charge on any atom is 0.179 e. The van der Waals surface area contributed by atoms with Gasteiger partial charge in [0, 0.05) is 5.56 Å². The van der Waals surface area contributed by atoms with Gasteiger partial charge >= 0.3 is 0 Å². The lowest BCUT2D eigenvalue weighted by molar-refractivity contribution is 0.354. The summed E-state index contributed by atoms with van der Waals surface area (Å²) in [6.45, 7) is 2.61. The molecular formula is C12H15ClN2O2. The number of nitriles is 1. The predicted molar refractivity (Wildman–Crippen MR) is 66.6 cm³/mol. The van der Waals surface area contributed by atoms with E-state index in [9.17, 15) is 0 Å². The fraction of sp³-hybridized carbons (Fsp3) is 0.417. The van der Waals surface area contributed by atoms with Gasteiger partial charge in [-0.25, -0.2) is 0 Å². The zero-order valence-electron chi connectivity index (χ0n) is 10.1. The van der Waals surface area contributed by atoms with E-state index in [1.165, 1.54) is 7.11 Å². The second-order valence-corrected chi connectivity index (χ2v) is 3.70. The number of rotatable bonds is 5. The smallest absolute Gasteiger partial charge is 0.179 e. The molecule has 0 aliphatic carbocycles. The summed E-state index contributed by atoms with van der Waals surface area (Å²) >= 11 is 6.21. The molecule has 1 unspecified atom stereocenters. The van der Waals surface area contributed by atoms with Crippen LogP contribution in [0, 0.1) is 11.3 Å². The van der Waals surface area contributed by atoms with Gasteiger partial charge in [0.15, 0.2) is 11.5 Å². The molecule has 1 N–H and O–H groups in total. The molecule has 92 valence electrons. The van der Waals surface area contributed by atoms with Crippen molar-refractivity contribution in [1.29, 1.82) is 5.26 Å². The van der Waals surface area contributed by atoms with Gasteiger partial charge in [0.05, 0.1) is 25.3 Å². The molecule has 1 aromatic rings. The van der Waals surface area contributed by atoms with Gasteiger partial charge in [0.1, 0.15) is 6.04 Å². The molecule has 0 bridgehead atoms. The Labute approximate surface area is 106 Å². The molecule has 1 rings (SSSR count). The third-order valence-electron chi connectivity index (χ3n) is 2.36. The minimum atomic E-state index is -0.452. The first-order valence-electron chi connectivity index (χ1n) is 5.22. The highest BCUT2D eigenvalue weighted by Gasteiger charge is 2.19. The molecule has 0 spiro atoms. The van der Waals surface area contributed by atoms with Crippen molar-refractivity contribution in [3.05, 3.63) is 22.7 Å². The van der Waals surface area contributed by atoms with Crippen LogP contribution in [0.2, 0.25) is 5.02 Å². The van der Waals surface area contributed by atoms with E-state index in [2.05, 4.69) is 11.4 Å². The molecule has 5 heteroatoms. The Morgan fingerprint density at radius 3 is 2.59 bits per heavy atom. The molecule has 17 heavy (non-hydrogen) atoms. The Kier molecular flexibility index (Phi) is 5.08. The van der Waals surface area contributed by atoms with Gasteiger partial charge in [-0.2, -0.15) is 5.26 Å². The van der Waals surface area contributed by atoms with E-state index in [1.807, 2.05) is 6.92 Å². The van der Waals surface area contributed by atoms with E-state index < -0.39 is 6.04 Å².